The van der Waals surface area contributed by atoms with E-state index in [4.69, 9.17) is 0 Å². The third-order valence-electron chi connectivity index (χ3n) is 0.981. The molecule has 1 atom stereocenters. The molecule has 1 heteroatoms. The van der Waals surface area contributed by atoms with Crippen molar-refractivity contribution in [1.29, 1.82) is 0 Å². The van der Waals surface area contributed by atoms with Crippen molar-refractivity contribution in [3.05, 3.63) is 24.3 Å². The van der Waals surface area contributed by atoms with Crippen LogP contribution in [-0.4, -0.2) is 22.5 Å². The van der Waals surface area contributed by atoms with Crippen LogP contribution in [0.5, 0.6) is 0 Å². The van der Waals surface area contributed by atoms with Crippen LogP contribution in [0, 0.1) is 0 Å². The Morgan fingerprint density at radius 3 is 2.57 bits per heavy atom. The van der Waals surface area contributed by atoms with Gasteiger partial charge in [-0.25, -0.2) is 0 Å². The number of rotatable bonds is 0. The summed E-state index contributed by atoms with van der Waals surface area (Å²) in [6.45, 7) is 0. The third-order valence-corrected chi connectivity index (χ3v) is 2.20. The molecule has 1 aliphatic rings. The van der Waals surface area contributed by atoms with E-state index in [9.17, 15) is 0 Å². The molecule has 0 saturated heterocycles. The van der Waals surface area contributed by atoms with Crippen molar-refractivity contribution in [3.8, 4) is 0 Å². The summed E-state index contributed by atoms with van der Waals surface area (Å²) in [5.41, 5.74) is 0. The Morgan fingerprint density at radius 1 is 1.43 bits per heavy atom. The molecule has 3 radical (unpaired) electrons. The second-order valence-corrected chi connectivity index (χ2v) is 3.77. The van der Waals surface area contributed by atoms with E-state index in [0.29, 0.717) is 0 Å². The maximum absolute atomic E-state index is 2.26. The van der Waals surface area contributed by atoms with E-state index in [-0.39, 0.29) is 0 Å². The van der Waals surface area contributed by atoms with E-state index >= 15 is 0 Å². The molecule has 1 unspecified atom stereocenters. The van der Waals surface area contributed by atoms with E-state index in [0.717, 1.165) is 3.93 Å². The van der Waals surface area contributed by atoms with Crippen molar-refractivity contribution >= 4 is 22.5 Å². The summed E-state index contributed by atoms with van der Waals surface area (Å²) in [5, 5.41) is 0. The van der Waals surface area contributed by atoms with E-state index in [1.54, 1.807) is 22.5 Å². The zero-order valence-corrected chi connectivity index (χ0v) is 6.95. The van der Waals surface area contributed by atoms with Crippen LogP contribution in [0.1, 0.15) is 6.42 Å². The van der Waals surface area contributed by atoms with Gasteiger partial charge in [0.15, 0.2) is 0 Å². The van der Waals surface area contributed by atoms with Crippen LogP contribution < -0.4 is 0 Å². The third kappa shape index (κ3) is 1.68. The minimum atomic E-state index is 0.859. The monoisotopic (exact) mass is 199 g/mol. The average molecular weight is 198 g/mol. The van der Waals surface area contributed by atoms with Gasteiger partial charge in [-0.2, -0.15) is 0 Å². The van der Waals surface area contributed by atoms with Crippen molar-refractivity contribution < 1.29 is 0 Å². The predicted octanol–water partition coefficient (Wildman–Crippen LogP) is 1.46. The summed E-state index contributed by atoms with van der Waals surface area (Å²) in [6, 6.07) is 0. The molecule has 35 valence electrons. The second kappa shape index (κ2) is 2.55. The first-order valence-electron chi connectivity index (χ1n) is 2.44. The van der Waals surface area contributed by atoms with Gasteiger partial charge in [0.2, 0.25) is 0 Å². The zero-order valence-electron chi connectivity index (χ0n) is 4.09. The molecule has 0 fully saturated rings. The average Bonchev–Trinajstić information content (AvgIpc) is 1.69. The molecule has 0 amide bonds. The van der Waals surface area contributed by atoms with Gasteiger partial charge in [-0.1, -0.05) is 0 Å². The van der Waals surface area contributed by atoms with Crippen LogP contribution in [0.25, 0.3) is 0 Å². The van der Waals surface area contributed by atoms with Gasteiger partial charge < -0.3 is 0 Å². The predicted molar refractivity (Wildman–Crippen MR) is 32.4 cm³/mol. The standard InChI is InChI=1S/C6H7.Sn/c1-2-4-6-5-3-1;/h1-5H,6H2;. The number of hydrogen-bond acceptors (Lipinski definition) is 0. The van der Waals surface area contributed by atoms with Gasteiger partial charge in [0.25, 0.3) is 0 Å². The van der Waals surface area contributed by atoms with Crippen LogP contribution in [0.2, 0.25) is 3.93 Å². The SMILES string of the molecule is [Sn][CH]1C=CC=CC1. The second-order valence-electron chi connectivity index (χ2n) is 1.66. The topological polar surface area (TPSA) is 0 Å². The minimum absolute atomic E-state index is 0.859. The summed E-state index contributed by atoms with van der Waals surface area (Å²) in [7, 11) is 0. The normalized spacial score (nSPS) is 28.4. The van der Waals surface area contributed by atoms with Crippen LogP contribution in [0.3, 0.4) is 0 Å². The Balaban J connectivity index is 2.49. The molecule has 0 nitrogen and oxygen atoms in total. The quantitative estimate of drug-likeness (QED) is 0.516. The molecule has 0 spiro atoms. The Kier molecular flexibility index (Phi) is 1.98. The number of allylic oxidation sites excluding steroid dienone is 4. The van der Waals surface area contributed by atoms with Gasteiger partial charge in [0, 0.05) is 0 Å². The first kappa shape index (κ1) is 5.42. The van der Waals surface area contributed by atoms with Crippen molar-refractivity contribution in [1.82, 2.24) is 0 Å². The van der Waals surface area contributed by atoms with Crippen molar-refractivity contribution in [3.63, 3.8) is 0 Å². The van der Waals surface area contributed by atoms with Crippen LogP contribution in [-0.2, 0) is 0 Å². The molecule has 0 aromatic heterocycles. The maximum atomic E-state index is 2.26. The summed E-state index contributed by atoms with van der Waals surface area (Å²) in [5.74, 6) is 0. The molecule has 0 aromatic rings. The zero-order chi connectivity index (χ0) is 5.11. The summed E-state index contributed by atoms with van der Waals surface area (Å²) in [6.07, 6.45) is 9.98. The Bertz CT molecular complexity index is 103. The molecule has 1 aliphatic carbocycles. The molecular weight excluding hydrogens is 191 g/mol. The first-order chi connectivity index (χ1) is 3.39. The fourth-order valence-electron chi connectivity index (χ4n) is 0.581. The van der Waals surface area contributed by atoms with Gasteiger partial charge in [-0.15, -0.1) is 0 Å². The number of hydrogen-bond donors (Lipinski definition) is 0. The Hall–Kier alpha value is 0.279. The van der Waals surface area contributed by atoms with Crippen molar-refractivity contribution in [2.45, 2.75) is 10.4 Å². The Morgan fingerprint density at radius 2 is 2.29 bits per heavy atom. The molecule has 0 N–H and O–H groups in total. The van der Waals surface area contributed by atoms with E-state index in [1.165, 1.54) is 6.42 Å². The molecule has 1 rings (SSSR count). The first-order valence-corrected chi connectivity index (χ1v) is 4.09. The van der Waals surface area contributed by atoms with E-state index in [1.807, 2.05) is 0 Å². The molecule has 0 aromatic carbocycles. The summed E-state index contributed by atoms with van der Waals surface area (Å²) >= 11 is 1.63. The van der Waals surface area contributed by atoms with Crippen LogP contribution in [0.15, 0.2) is 24.3 Å². The molecular formula is C6H7Sn. The van der Waals surface area contributed by atoms with Crippen LogP contribution >= 0.6 is 0 Å². The van der Waals surface area contributed by atoms with Crippen LogP contribution in [0.4, 0.5) is 0 Å². The summed E-state index contributed by atoms with van der Waals surface area (Å²) < 4.78 is 0.859. The van der Waals surface area contributed by atoms with Crippen molar-refractivity contribution in [2.75, 3.05) is 0 Å². The van der Waals surface area contributed by atoms with Gasteiger partial charge in [-0.05, 0) is 0 Å². The Labute approximate surface area is 57.4 Å². The van der Waals surface area contributed by atoms with Gasteiger partial charge in [-0.3, -0.25) is 0 Å². The van der Waals surface area contributed by atoms with E-state index in [2.05, 4.69) is 24.3 Å². The fraction of sp³-hybridized carbons (Fsp3) is 0.333. The van der Waals surface area contributed by atoms with Gasteiger partial charge in [0.1, 0.15) is 0 Å². The molecule has 0 bridgehead atoms. The molecule has 0 saturated carbocycles. The van der Waals surface area contributed by atoms with Crippen molar-refractivity contribution in [2.24, 2.45) is 0 Å². The molecule has 7 heavy (non-hydrogen) atoms. The molecule has 0 heterocycles. The van der Waals surface area contributed by atoms with Gasteiger partial charge in [0.05, 0.1) is 0 Å². The molecule has 0 aliphatic heterocycles. The van der Waals surface area contributed by atoms with E-state index < -0.39 is 0 Å². The fourth-order valence-corrected chi connectivity index (χ4v) is 1.29. The van der Waals surface area contributed by atoms with Gasteiger partial charge >= 0.3 is 57.2 Å². The summed E-state index contributed by atoms with van der Waals surface area (Å²) in [4.78, 5) is 0.